The number of carbonyl (C=O) groups excluding carboxylic acids is 2. The number of hydrogen-bond acceptors (Lipinski definition) is 4. The van der Waals surface area contributed by atoms with E-state index in [0.717, 1.165) is 12.8 Å². The zero-order valence-electron chi connectivity index (χ0n) is 17.8. The van der Waals surface area contributed by atoms with Crippen molar-refractivity contribution in [2.45, 2.75) is 86.0 Å². The molecule has 1 saturated heterocycles. The van der Waals surface area contributed by atoms with Crippen molar-refractivity contribution in [1.29, 1.82) is 0 Å². The van der Waals surface area contributed by atoms with Gasteiger partial charge in [-0.1, -0.05) is 48.0 Å². The molecule has 4 fully saturated rings. The number of rotatable bonds is 3. The molecule has 0 bridgehead atoms. The smallest absolute Gasteiger partial charge is 0.312 e. The molecule has 0 amide bonds. The van der Waals surface area contributed by atoms with Gasteiger partial charge in [-0.25, -0.2) is 0 Å². The van der Waals surface area contributed by atoms with E-state index in [0.29, 0.717) is 24.2 Å². The first-order chi connectivity index (χ1) is 12.5. The van der Waals surface area contributed by atoms with Gasteiger partial charge in [0, 0.05) is 18.3 Å². The summed E-state index contributed by atoms with van der Waals surface area (Å²) in [5, 5.41) is 0. The third-order valence-corrected chi connectivity index (χ3v) is 8.15. The number of ether oxygens (including phenoxy) is 2. The third-order valence-electron chi connectivity index (χ3n) is 8.15. The molecule has 1 aliphatic heterocycles. The molecular weight excluding hydrogens is 340 g/mol. The molecule has 27 heavy (non-hydrogen) atoms. The summed E-state index contributed by atoms with van der Waals surface area (Å²) in [6.45, 7) is 13.4. The zero-order chi connectivity index (χ0) is 19.7. The van der Waals surface area contributed by atoms with Gasteiger partial charge in [0.1, 0.15) is 5.78 Å². The molecule has 0 aromatic carbocycles. The van der Waals surface area contributed by atoms with Crippen LogP contribution in [0.5, 0.6) is 0 Å². The van der Waals surface area contributed by atoms with Crippen LogP contribution in [-0.4, -0.2) is 24.1 Å². The zero-order valence-corrected chi connectivity index (χ0v) is 17.8. The summed E-state index contributed by atoms with van der Waals surface area (Å²) in [5.41, 5.74) is -0.183. The van der Waals surface area contributed by atoms with Crippen LogP contribution in [0.15, 0.2) is 0 Å². The highest BCUT2D eigenvalue weighted by atomic mass is 16.7. The Balaban J connectivity index is 1.56. The van der Waals surface area contributed by atoms with Crippen molar-refractivity contribution in [1.82, 2.24) is 0 Å². The molecule has 3 aliphatic carbocycles. The minimum Gasteiger partial charge on any atom is -0.435 e. The van der Waals surface area contributed by atoms with Crippen molar-refractivity contribution < 1.29 is 19.1 Å². The summed E-state index contributed by atoms with van der Waals surface area (Å²) in [5.74, 6) is 1.37. The minimum absolute atomic E-state index is 0.0106. The van der Waals surface area contributed by atoms with E-state index < -0.39 is 6.29 Å². The fraction of sp³-hybridized carbons (Fsp3) is 0.913. The number of Topliss-reactive ketones (excluding diaryl/α,β-unsaturated/α-hetero) is 1. The number of hydrogen-bond donors (Lipinski definition) is 0. The highest BCUT2D eigenvalue weighted by Crippen LogP contribution is 2.68. The number of fused-ring (bicyclic) bond motifs is 4. The molecule has 4 aliphatic rings. The number of esters is 1. The average molecular weight is 377 g/mol. The molecule has 3 saturated carbocycles. The molecule has 4 nitrogen and oxygen atoms in total. The van der Waals surface area contributed by atoms with Crippen LogP contribution in [-0.2, 0) is 19.1 Å². The Labute approximate surface area is 163 Å². The van der Waals surface area contributed by atoms with Crippen LogP contribution in [0, 0.1) is 46.3 Å². The van der Waals surface area contributed by atoms with E-state index in [2.05, 4.69) is 41.5 Å². The van der Waals surface area contributed by atoms with Crippen LogP contribution >= 0.6 is 0 Å². The van der Waals surface area contributed by atoms with Gasteiger partial charge in [-0.2, -0.15) is 0 Å². The normalized spacial score (nSPS) is 48.6. The summed E-state index contributed by atoms with van der Waals surface area (Å²) in [4.78, 5) is 25.4. The van der Waals surface area contributed by atoms with Gasteiger partial charge in [0.2, 0.25) is 6.29 Å². The van der Waals surface area contributed by atoms with E-state index in [9.17, 15) is 9.59 Å². The van der Waals surface area contributed by atoms with Gasteiger partial charge in [0.15, 0.2) is 0 Å². The van der Waals surface area contributed by atoms with Crippen LogP contribution in [0.4, 0.5) is 0 Å². The van der Waals surface area contributed by atoms with Crippen molar-refractivity contribution in [2.75, 3.05) is 0 Å². The Bertz CT molecular complexity index is 638. The molecule has 1 heterocycles. The molecule has 0 N–H and O–H groups in total. The first kappa shape index (κ1) is 19.4. The van der Waals surface area contributed by atoms with Crippen molar-refractivity contribution in [3.05, 3.63) is 0 Å². The lowest BCUT2D eigenvalue weighted by Crippen LogP contribution is -2.64. The van der Waals surface area contributed by atoms with Crippen LogP contribution < -0.4 is 0 Å². The van der Waals surface area contributed by atoms with E-state index >= 15 is 0 Å². The Kier molecular flexibility index (Phi) is 4.53. The lowest BCUT2D eigenvalue weighted by Gasteiger charge is -2.61. The lowest BCUT2D eigenvalue weighted by molar-refractivity contribution is -0.235. The van der Waals surface area contributed by atoms with Gasteiger partial charge >= 0.3 is 5.97 Å². The number of carbonyl (C=O) groups is 2. The molecule has 4 rings (SSSR count). The topological polar surface area (TPSA) is 52.6 Å². The maximum Gasteiger partial charge on any atom is 0.312 e. The highest BCUT2D eigenvalue weighted by molar-refractivity contribution is 5.92. The Morgan fingerprint density at radius 3 is 2.52 bits per heavy atom. The Morgan fingerprint density at radius 1 is 1.15 bits per heavy atom. The van der Waals surface area contributed by atoms with E-state index in [1.54, 1.807) is 0 Å². The average Bonchev–Trinajstić information content (AvgIpc) is 2.78. The molecule has 4 heteroatoms. The van der Waals surface area contributed by atoms with Crippen molar-refractivity contribution in [3.8, 4) is 0 Å². The summed E-state index contributed by atoms with van der Waals surface area (Å²) in [6, 6.07) is 0. The summed E-state index contributed by atoms with van der Waals surface area (Å²) in [6.07, 6.45) is 4.69. The molecule has 0 spiro atoms. The Morgan fingerprint density at radius 2 is 1.85 bits per heavy atom. The predicted molar refractivity (Wildman–Crippen MR) is 103 cm³/mol. The first-order valence-corrected chi connectivity index (χ1v) is 10.9. The van der Waals surface area contributed by atoms with Gasteiger partial charge in [-0.05, 0) is 47.8 Å². The maximum atomic E-state index is 12.8. The van der Waals surface area contributed by atoms with Gasteiger partial charge in [0.05, 0.1) is 12.0 Å². The van der Waals surface area contributed by atoms with Crippen LogP contribution in [0.1, 0.15) is 73.6 Å². The molecule has 0 radical (unpaired) electrons. The molecule has 152 valence electrons. The van der Waals surface area contributed by atoms with Crippen molar-refractivity contribution >= 4 is 11.8 Å². The Hall–Kier alpha value is -0.900. The fourth-order valence-electron chi connectivity index (χ4n) is 7.17. The second-order valence-corrected chi connectivity index (χ2v) is 11.3. The lowest BCUT2D eigenvalue weighted by atomic mass is 9.40. The molecule has 0 aromatic heterocycles. The van der Waals surface area contributed by atoms with E-state index in [1.165, 1.54) is 12.8 Å². The van der Waals surface area contributed by atoms with Crippen LogP contribution in [0.3, 0.4) is 0 Å². The van der Waals surface area contributed by atoms with Crippen molar-refractivity contribution in [2.24, 2.45) is 46.3 Å². The quantitative estimate of drug-likeness (QED) is 0.675. The predicted octanol–water partition coefficient (Wildman–Crippen LogP) is 4.60. The van der Waals surface area contributed by atoms with Crippen LogP contribution in [0.2, 0.25) is 0 Å². The van der Waals surface area contributed by atoms with Crippen molar-refractivity contribution in [3.63, 3.8) is 0 Å². The van der Waals surface area contributed by atoms with Crippen LogP contribution in [0.25, 0.3) is 0 Å². The molecule has 8 atom stereocenters. The highest BCUT2D eigenvalue weighted by Gasteiger charge is 2.74. The van der Waals surface area contributed by atoms with E-state index in [-0.39, 0.29) is 46.4 Å². The second kappa shape index (κ2) is 6.30. The summed E-state index contributed by atoms with van der Waals surface area (Å²) in [7, 11) is 0. The second-order valence-electron chi connectivity index (χ2n) is 11.3. The van der Waals surface area contributed by atoms with Gasteiger partial charge in [0.25, 0.3) is 0 Å². The summed E-state index contributed by atoms with van der Waals surface area (Å²) < 4.78 is 12.3. The fourth-order valence-corrected chi connectivity index (χ4v) is 7.17. The number of cyclic esters (lactones) is 1. The third kappa shape index (κ3) is 2.97. The SMILES string of the molecule is CC(C)[C@@H]1CC[C@@H](C)C[C@H]1O[C@@H]1OC(=O)[C@@H]2[C@H]1[C@@]1(C)CC(C)(C)CC(=O)[C@@H]21. The molecular formula is C23H36O4. The standard InChI is InChI=1S/C23H36O4/c1-12(2)14-8-7-13(3)9-16(14)26-21-19-17(20(25)27-21)18-15(24)10-22(4,5)11-23(18,19)6/h12-14,16-19,21H,7-11H2,1-6H3/t13-,14+,16-,17+,18+,19-,21-,23+/m1/s1. The summed E-state index contributed by atoms with van der Waals surface area (Å²) >= 11 is 0. The maximum absolute atomic E-state index is 12.8. The van der Waals surface area contributed by atoms with E-state index in [1.807, 2.05) is 0 Å². The minimum atomic E-state index is -0.470. The number of ketones is 1. The molecule has 0 unspecified atom stereocenters. The monoisotopic (exact) mass is 376 g/mol. The molecule has 0 aromatic rings. The largest absolute Gasteiger partial charge is 0.435 e. The van der Waals surface area contributed by atoms with Gasteiger partial charge in [-0.3, -0.25) is 9.59 Å². The van der Waals surface area contributed by atoms with Gasteiger partial charge in [-0.15, -0.1) is 0 Å². The first-order valence-electron chi connectivity index (χ1n) is 10.9. The van der Waals surface area contributed by atoms with E-state index in [4.69, 9.17) is 9.47 Å². The van der Waals surface area contributed by atoms with Gasteiger partial charge < -0.3 is 9.47 Å².